The van der Waals surface area contributed by atoms with Gasteiger partial charge in [0, 0.05) is 25.5 Å². The van der Waals surface area contributed by atoms with E-state index >= 15 is 0 Å². The molecule has 1 amide bonds. The molecule has 1 saturated heterocycles. The van der Waals surface area contributed by atoms with Crippen LogP contribution in [0.2, 0.25) is 0 Å². The van der Waals surface area contributed by atoms with Gasteiger partial charge >= 0.3 is 0 Å². The highest BCUT2D eigenvalue weighted by Crippen LogP contribution is 2.14. The number of carbonyl (C=O) groups is 1. The highest BCUT2D eigenvalue weighted by Gasteiger charge is 2.29. The fraction of sp³-hybridized carbons (Fsp3) is 0.556. The molecule has 8 heteroatoms. The first-order chi connectivity index (χ1) is 12.6. The Labute approximate surface area is 153 Å². The second kappa shape index (κ2) is 8.98. The van der Waals surface area contributed by atoms with Crippen molar-refractivity contribution in [2.45, 2.75) is 25.1 Å². The van der Waals surface area contributed by atoms with Crippen LogP contribution in [0, 0.1) is 0 Å². The van der Waals surface area contributed by atoms with E-state index in [9.17, 15) is 4.79 Å². The van der Waals surface area contributed by atoms with Gasteiger partial charge in [0.25, 0.3) is 5.91 Å². The number of likely N-dealkylation sites (N-methyl/N-ethyl adjacent to an activating group) is 1. The van der Waals surface area contributed by atoms with Crippen molar-refractivity contribution in [2.24, 2.45) is 0 Å². The van der Waals surface area contributed by atoms with Crippen molar-refractivity contribution in [3.63, 3.8) is 0 Å². The number of hydrogen-bond acceptors (Lipinski definition) is 6. The molecule has 8 nitrogen and oxygen atoms in total. The van der Waals surface area contributed by atoms with Crippen molar-refractivity contribution in [3.8, 4) is 0 Å². The summed E-state index contributed by atoms with van der Waals surface area (Å²) in [6.07, 6.45) is 4.13. The topological polar surface area (TPSA) is 81.8 Å². The van der Waals surface area contributed by atoms with Crippen molar-refractivity contribution in [1.82, 2.24) is 20.0 Å². The third-order valence-electron chi connectivity index (χ3n) is 4.25. The zero-order valence-corrected chi connectivity index (χ0v) is 15.3. The fourth-order valence-corrected chi connectivity index (χ4v) is 2.81. The normalized spacial score (nSPS) is 20.4. The van der Waals surface area contributed by atoms with Crippen LogP contribution in [0.15, 0.2) is 35.0 Å². The standard InChI is InChI=1S/C18H26N4O4/c1-21(2)9-11-25-17-13-24-10-6-15(17)20-18(23)16-5-4-14(26-16)12-22-8-3-7-19-22/h3-5,7-8,15,17H,6,9-13H2,1-2H3,(H,20,23)/t15-,17-/m1/s1. The number of carbonyl (C=O) groups excluding carboxylic acids is 1. The zero-order chi connectivity index (χ0) is 18.4. The van der Waals surface area contributed by atoms with Crippen LogP contribution in [0.1, 0.15) is 22.7 Å². The van der Waals surface area contributed by atoms with E-state index < -0.39 is 0 Å². The van der Waals surface area contributed by atoms with Crippen LogP contribution < -0.4 is 5.32 Å². The summed E-state index contributed by atoms with van der Waals surface area (Å²) in [5.41, 5.74) is 0. The van der Waals surface area contributed by atoms with Gasteiger partial charge in [0.2, 0.25) is 0 Å². The quantitative estimate of drug-likeness (QED) is 0.754. The number of nitrogens with one attached hydrogen (secondary N) is 1. The Morgan fingerprint density at radius 3 is 3.12 bits per heavy atom. The van der Waals surface area contributed by atoms with E-state index in [1.165, 1.54) is 0 Å². The lowest BCUT2D eigenvalue weighted by Crippen LogP contribution is -2.50. The average Bonchev–Trinajstić information content (AvgIpc) is 3.28. The van der Waals surface area contributed by atoms with E-state index in [0.717, 1.165) is 13.0 Å². The fourth-order valence-electron chi connectivity index (χ4n) is 2.81. The summed E-state index contributed by atoms with van der Waals surface area (Å²) in [5, 5.41) is 7.15. The molecular formula is C18H26N4O4. The molecular weight excluding hydrogens is 336 g/mol. The maximum absolute atomic E-state index is 12.5. The van der Waals surface area contributed by atoms with Crippen LogP contribution in [-0.4, -0.2) is 73.2 Å². The number of nitrogens with zero attached hydrogens (tertiary/aromatic N) is 3. The van der Waals surface area contributed by atoms with Gasteiger partial charge < -0.3 is 24.1 Å². The predicted octanol–water partition coefficient (Wildman–Crippen LogP) is 0.990. The molecule has 0 spiro atoms. The van der Waals surface area contributed by atoms with Gasteiger partial charge in [0.15, 0.2) is 5.76 Å². The number of aromatic nitrogens is 2. The van der Waals surface area contributed by atoms with E-state index in [1.54, 1.807) is 23.0 Å². The third kappa shape index (κ3) is 5.17. The van der Waals surface area contributed by atoms with Crippen molar-refractivity contribution in [1.29, 1.82) is 0 Å². The monoisotopic (exact) mass is 362 g/mol. The first kappa shape index (κ1) is 18.6. The molecule has 0 bridgehead atoms. The summed E-state index contributed by atoms with van der Waals surface area (Å²) in [7, 11) is 4.00. The minimum Gasteiger partial charge on any atom is -0.454 e. The first-order valence-electron chi connectivity index (χ1n) is 8.83. The number of hydrogen-bond donors (Lipinski definition) is 1. The van der Waals surface area contributed by atoms with Crippen molar-refractivity contribution in [2.75, 3.05) is 40.5 Å². The molecule has 0 aromatic carbocycles. The SMILES string of the molecule is CN(C)CCO[C@@H]1COCC[C@H]1NC(=O)c1ccc(Cn2cccn2)o1. The number of furan rings is 1. The van der Waals surface area contributed by atoms with Gasteiger partial charge in [-0.25, -0.2) is 0 Å². The van der Waals surface area contributed by atoms with Crippen LogP contribution in [0.5, 0.6) is 0 Å². The number of rotatable bonds is 8. The summed E-state index contributed by atoms with van der Waals surface area (Å²) >= 11 is 0. The van der Waals surface area contributed by atoms with Crippen molar-refractivity contribution >= 4 is 5.91 Å². The first-order valence-corrected chi connectivity index (χ1v) is 8.83. The molecule has 1 aliphatic rings. The maximum Gasteiger partial charge on any atom is 0.287 e. The Morgan fingerprint density at radius 2 is 2.35 bits per heavy atom. The minimum absolute atomic E-state index is 0.0851. The lowest BCUT2D eigenvalue weighted by molar-refractivity contribution is -0.0692. The van der Waals surface area contributed by atoms with E-state index in [2.05, 4.69) is 15.3 Å². The molecule has 1 fully saturated rings. The predicted molar refractivity (Wildman–Crippen MR) is 95.0 cm³/mol. The Kier molecular flexibility index (Phi) is 6.43. The Morgan fingerprint density at radius 1 is 1.46 bits per heavy atom. The van der Waals surface area contributed by atoms with Crippen LogP contribution >= 0.6 is 0 Å². The van der Waals surface area contributed by atoms with E-state index in [4.69, 9.17) is 13.9 Å². The highest BCUT2D eigenvalue weighted by molar-refractivity contribution is 5.91. The van der Waals surface area contributed by atoms with E-state index in [1.807, 2.05) is 26.4 Å². The van der Waals surface area contributed by atoms with Gasteiger partial charge in [-0.15, -0.1) is 0 Å². The second-order valence-corrected chi connectivity index (χ2v) is 6.63. The molecule has 0 radical (unpaired) electrons. The zero-order valence-electron chi connectivity index (χ0n) is 15.3. The van der Waals surface area contributed by atoms with Gasteiger partial charge in [-0.3, -0.25) is 9.48 Å². The summed E-state index contributed by atoms with van der Waals surface area (Å²) in [6.45, 7) is 3.02. The van der Waals surface area contributed by atoms with E-state index in [-0.39, 0.29) is 18.1 Å². The largest absolute Gasteiger partial charge is 0.454 e. The van der Waals surface area contributed by atoms with Gasteiger partial charge in [-0.05, 0) is 38.7 Å². The Bertz CT molecular complexity index is 683. The van der Waals surface area contributed by atoms with Crippen molar-refractivity contribution < 1.29 is 18.7 Å². The second-order valence-electron chi connectivity index (χ2n) is 6.63. The Hall–Kier alpha value is -2.16. The van der Waals surface area contributed by atoms with Crippen LogP contribution in [0.4, 0.5) is 0 Å². The smallest absolute Gasteiger partial charge is 0.287 e. The van der Waals surface area contributed by atoms with Gasteiger partial charge in [-0.1, -0.05) is 0 Å². The lowest BCUT2D eigenvalue weighted by atomic mass is 10.1. The van der Waals surface area contributed by atoms with Crippen LogP contribution in [0.25, 0.3) is 0 Å². The molecule has 142 valence electrons. The van der Waals surface area contributed by atoms with Gasteiger partial charge in [0.05, 0.1) is 25.8 Å². The number of amides is 1. The lowest BCUT2D eigenvalue weighted by Gasteiger charge is -2.32. The van der Waals surface area contributed by atoms with Crippen molar-refractivity contribution in [3.05, 3.63) is 42.1 Å². The summed E-state index contributed by atoms with van der Waals surface area (Å²) in [5.74, 6) is 0.750. The molecule has 0 unspecified atom stereocenters. The molecule has 1 aliphatic heterocycles. The molecule has 3 heterocycles. The van der Waals surface area contributed by atoms with E-state index in [0.29, 0.717) is 37.9 Å². The molecule has 2 aromatic heterocycles. The Balaban J connectivity index is 1.54. The molecule has 0 aliphatic carbocycles. The minimum atomic E-state index is -0.232. The summed E-state index contributed by atoms with van der Waals surface area (Å²) in [4.78, 5) is 14.6. The summed E-state index contributed by atoms with van der Waals surface area (Å²) in [6, 6.07) is 5.25. The molecule has 2 atom stereocenters. The average molecular weight is 362 g/mol. The molecule has 0 saturated carbocycles. The maximum atomic E-state index is 12.5. The summed E-state index contributed by atoms with van der Waals surface area (Å²) < 4.78 is 18.8. The molecule has 2 aromatic rings. The molecule has 1 N–H and O–H groups in total. The molecule has 3 rings (SSSR count). The number of ether oxygens (including phenoxy) is 2. The highest BCUT2D eigenvalue weighted by atomic mass is 16.5. The third-order valence-corrected chi connectivity index (χ3v) is 4.25. The molecule has 26 heavy (non-hydrogen) atoms. The van der Waals surface area contributed by atoms with Crippen LogP contribution in [-0.2, 0) is 16.0 Å². The van der Waals surface area contributed by atoms with Gasteiger partial charge in [-0.2, -0.15) is 5.10 Å². The van der Waals surface area contributed by atoms with Gasteiger partial charge in [0.1, 0.15) is 11.9 Å². The van der Waals surface area contributed by atoms with Crippen LogP contribution in [0.3, 0.4) is 0 Å².